The predicted octanol–water partition coefficient (Wildman–Crippen LogP) is 9.21. The third kappa shape index (κ3) is 22.5. The number of alkyl halides is 5. The molecular formula is C54H79F5I2N4O16SSi3. The van der Waals surface area contributed by atoms with Crippen LogP contribution in [0.3, 0.4) is 0 Å². The van der Waals surface area contributed by atoms with E-state index in [0.717, 1.165) is 40.0 Å². The number of hydrogen-bond acceptors (Lipinski definition) is 16. The number of rotatable bonds is 19. The van der Waals surface area contributed by atoms with Gasteiger partial charge in [-0.25, -0.2) is 27.5 Å². The van der Waals surface area contributed by atoms with E-state index in [4.69, 9.17) is 42.6 Å². The van der Waals surface area contributed by atoms with E-state index in [2.05, 4.69) is 68.1 Å². The average molecular weight is 1510 g/mol. The fourth-order valence-corrected chi connectivity index (χ4v) is 12.1. The fourth-order valence-electron chi connectivity index (χ4n) is 8.23. The Labute approximate surface area is 522 Å². The molecule has 2 aromatic carbocycles. The number of aromatic amines is 1. The second-order valence-electron chi connectivity index (χ2n) is 23.9. The number of aromatic nitrogens is 4. The molecule has 4 saturated heterocycles. The Morgan fingerprint density at radius 2 is 1.07 bits per heavy atom. The minimum absolute atomic E-state index is 0.0233. The molecule has 0 aliphatic carbocycles. The van der Waals surface area contributed by atoms with Crippen molar-refractivity contribution >= 4 is 79.5 Å². The van der Waals surface area contributed by atoms with Crippen molar-refractivity contribution in [2.75, 3.05) is 52.9 Å². The SMILES string of the molecule is CCOCC[Si](C)(C)C.C[Si](C)(C)CCOCn1c(=O)[nH]cc(I)c1=O.C[Si](C)(C)CCOCn1c(=O)c(I)cn([C@@H]2CO[C@@H]3COC(c4ccccc4)O[C@H]3[C@H]2F)c1=O.O=S(=O)(O[C@H]1CO[C@@H]2COC(c3ccccc3)O[C@H]2[C@H]1F)C(F)(F)F. The van der Waals surface area contributed by atoms with Crippen molar-refractivity contribution in [1.29, 1.82) is 0 Å². The fraction of sp³-hybridized carbons (Fsp3) is 0.630. The van der Waals surface area contributed by atoms with Crippen molar-refractivity contribution in [3.63, 3.8) is 0 Å². The summed E-state index contributed by atoms with van der Waals surface area (Å²) in [5, 5.41) is 0. The largest absolute Gasteiger partial charge is 0.523 e. The van der Waals surface area contributed by atoms with Crippen LogP contribution in [0, 0.1) is 7.14 Å². The average Bonchev–Trinajstić information content (AvgIpc) is 1.75. The second-order valence-corrected chi connectivity index (χ2v) is 44.6. The summed E-state index contributed by atoms with van der Waals surface area (Å²) in [7, 11) is -9.21. The highest BCUT2D eigenvalue weighted by Gasteiger charge is 2.54. The summed E-state index contributed by atoms with van der Waals surface area (Å²) in [4.78, 5) is 51.4. The van der Waals surface area contributed by atoms with Crippen molar-refractivity contribution in [3.05, 3.63) is 133 Å². The van der Waals surface area contributed by atoms with Gasteiger partial charge in [0.2, 0.25) is 0 Å². The number of ether oxygens (including phenoxy) is 9. The molecule has 478 valence electrons. The molecule has 0 saturated carbocycles. The quantitative estimate of drug-likeness (QED) is 0.0231. The van der Waals surface area contributed by atoms with Crippen LogP contribution in [-0.2, 0) is 70.4 Å². The molecule has 20 nitrogen and oxygen atoms in total. The minimum Gasteiger partial charge on any atom is -0.382 e. The lowest BCUT2D eigenvalue weighted by molar-refractivity contribution is -0.303. The van der Waals surface area contributed by atoms with Gasteiger partial charge in [0.15, 0.2) is 24.9 Å². The van der Waals surface area contributed by atoms with E-state index in [1.54, 1.807) is 30.3 Å². The zero-order valence-electron chi connectivity index (χ0n) is 49.3. The van der Waals surface area contributed by atoms with Crippen LogP contribution in [0.1, 0.15) is 36.7 Å². The molecule has 4 fully saturated rings. The maximum atomic E-state index is 15.8. The van der Waals surface area contributed by atoms with E-state index < -0.39 is 125 Å². The lowest BCUT2D eigenvalue weighted by Crippen LogP contribution is -2.57. The molecule has 0 amide bonds. The molecule has 2 unspecified atom stereocenters. The number of hydrogen-bond donors (Lipinski definition) is 1. The van der Waals surface area contributed by atoms with Crippen LogP contribution in [0.2, 0.25) is 77.1 Å². The zero-order valence-corrected chi connectivity index (χ0v) is 57.5. The summed E-state index contributed by atoms with van der Waals surface area (Å²) in [5.41, 5.74) is -6.09. The van der Waals surface area contributed by atoms with Gasteiger partial charge in [0.05, 0.1) is 39.6 Å². The zero-order chi connectivity index (χ0) is 63.1. The molecule has 8 rings (SSSR count). The van der Waals surface area contributed by atoms with Gasteiger partial charge < -0.3 is 47.6 Å². The Bertz CT molecular complexity index is 3080. The number of nitrogens with one attached hydrogen (secondary N) is 1. The minimum atomic E-state index is -5.94. The van der Waals surface area contributed by atoms with Gasteiger partial charge >= 0.3 is 27.0 Å². The molecule has 4 aliphatic heterocycles. The normalized spacial score (nSPS) is 24.5. The highest BCUT2D eigenvalue weighted by atomic mass is 127. The number of fused-ring (bicyclic) bond motifs is 2. The van der Waals surface area contributed by atoms with Gasteiger partial charge in [-0.1, -0.05) is 120 Å². The molecule has 10 atom stereocenters. The summed E-state index contributed by atoms with van der Waals surface area (Å²) in [5.74, 6) is 0. The number of benzene rings is 2. The first-order valence-electron chi connectivity index (χ1n) is 27.6. The number of halogens is 7. The summed E-state index contributed by atoms with van der Waals surface area (Å²) >= 11 is 3.75. The first-order chi connectivity index (χ1) is 39.7. The first-order valence-corrected chi connectivity index (χ1v) is 42.3. The monoisotopic (exact) mass is 1500 g/mol. The lowest BCUT2D eigenvalue weighted by Gasteiger charge is -2.44. The Balaban J connectivity index is 0.000000227. The van der Waals surface area contributed by atoms with E-state index in [9.17, 15) is 45.2 Å². The molecule has 0 spiro atoms. The third-order valence-electron chi connectivity index (χ3n) is 13.3. The van der Waals surface area contributed by atoms with Crippen LogP contribution < -0.4 is 22.5 Å². The molecule has 4 aromatic rings. The second kappa shape index (κ2) is 32.7. The topological polar surface area (TPSA) is 225 Å². The van der Waals surface area contributed by atoms with Gasteiger partial charge in [0, 0.05) is 74.2 Å². The van der Waals surface area contributed by atoms with Gasteiger partial charge in [0.1, 0.15) is 44.0 Å². The van der Waals surface area contributed by atoms with Gasteiger partial charge in [-0.15, -0.1) is 0 Å². The highest BCUT2D eigenvalue weighted by molar-refractivity contribution is 14.1. The molecule has 1 N–H and O–H groups in total. The lowest BCUT2D eigenvalue weighted by atomic mass is 9.98. The Kier molecular flexibility index (Phi) is 28.1. The smallest absolute Gasteiger partial charge is 0.382 e. The Hall–Kier alpha value is -2.89. The van der Waals surface area contributed by atoms with Crippen molar-refractivity contribution in [2.24, 2.45) is 0 Å². The van der Waals surface area contributed by atoms with E-state index in [-0.39, 0.29) is 38.8 Å². The summed E-state index contributed by atoms with van der Waals surface area (Å²) in [6, 6.07) is 20.1. The van der Waals surface area contributed by atoms with Crippen LogP contribution in [0.5, 0.6) is 0 Å². The summed E-state index contributed by atoms with van der Waals surface area (Å²) in [6.07, 6.45) is -8.15. The molecule has 0 bridgehead atoms. The molecular weight excluding hydrogens is 1430 g/mol. The highest BCUT2D eigenvalue weighted by Crippen LogP contribution is 2.38. The van der Waals surface area contributed by atoms with Crippen LogP contribution in [0.25, 0.3) is 0 Å². The molecule has 0 radical (unpaired) electrons. The molecule has 2 aromatic heterocycles. The molecule has 31 heteroatoms. The van der Waals surface area contributed by atoms with Gasteiger partial charge in [-0.2, -0.15) is 21.6 Å². The van der Waals surface area contributed by atoms with Crippen molar-refractivity contribution in [3.8, 4) is 0 Å². The van der Waals surface area contributed by atoms with E-state index in [1.165, 1.54) is 23.0 Å². The maximum absolute atomic E-state index is 15.8. The summed E-state index contributed by atoms with van der Waals surface area (Å²) < 4.78 is 148. The maximum Gasteiger partial charge on any atom is 0.523 e. The molecule has 4 aliphatic rings. The van der Waals surface area contributed by atoms with E-state index in [1.807, 2.05) is 82.4 Å². The van der Waals surface area contributed by atoms with Gasteiger partial charge in [-0.3, -0.25) is 18.3 Å². The van der Waals surface area contributed by atoms with Crippen molar-refractivity contribution in [2.45, 2.75) is 164 Å². The standard InChI is InChI=1S/C23H30FIN2O6Si.C14H14F4O6S.C10H17IN2O3Si.C7H18OSi/c1-34(2,3)10-9-30-14-27-21(28)16(25)11-26(23(27)29)17-12-31-18-13-32-22(33-20(18)19(17)24)15-7-5-4-6-8-15;15-11-9(24-25(19,20)14(16,17)18)6-21-10-7-22-13(23-12(10)11)8-4-2-1-3-5-8;1-17(2,3)5-4-16-7-13-9(14)8(11)6-12-10(13)15;1-5-8-6-7-9(2,3)4/h4-8,11,17-20,22H,9-10,12-14H2,1-3H3;1-5,9-13H,6-7H2;6H,4-5,7H2,1-3H3,(H,12,15);5-7H2,1-4H3/t17-,18-,19+,20-,22?;9-,10+,11-,12+,13?;;/m10../s1. The van der Waals surface area contributed by atoms with Gasteiger partial charge in [0.25, 0.3) is 11.1 Å². The predicted molar refractivity (Wildman–Crippen MR) is 333 cm³/mol. The molecule has 85 heavy (non-hydrogen) atoms. The van der Waals surface area contributed by atoms with Crippen LogP contribution in [0.4, 0.5) is 22.0 Å². The Morgan fingerprint density at radius 3 is 1.54 bits per heavy atom. The molecule has 6 heterocycles. The van der Waals surface area contributed by atoms with E-state index >= 15 is 4.39 Å². The van der Waals surface area contributed by atoms with Gasteiger partial charge in [-0.05, 0) is 70.2 Å². The Morgan fingerprint density at radius 1 is 0.624 bits per heavy atom. The van der Waals surface area contributed by atoms with Crippen molar-refractivity contribution < 1.29 is 77.2 Å². The van der Waals surface area contributed by atoms with Crippen LogP contribution >= 0.6 is 45.2 Å². The van der Waals surface area contributed by atoms with Crippen LogP contribution in [0.15, 0.2) is 92.2 Å². The van der Waals surface area contributed by atoms with E-state index in [0.29, 0.717) is 25.9 Å². The summed E-state index contributed by atoms with van der Waals surface area (Å²) in [6.45, 7) is 24.7. The third-order valence-corrected chi connectivity index (χ3v) is 21.0. The first kappa shape index (κ1) is 72.9. The van der Waals surface area contributed by atoms with Crippen molar-refractivity contribution in [1.82, 2.24) is 18.7 Å². The van der Waals surface area contributed by atoms with Crippen LogP contribution in [-0.4, -0.2) is 153 Å². The number of nitrogens with zero attached hydrogens (tertiary/aromatic N) is 3. The number of H-pyrrole nitrogens is 1.